The summed E-state index contributed by atoms with van der Waals surface area (Å²) in [7, 11) is 0. The van der Waals surface area contributed by atoms with Gasteiger partial charge < -0.3 is 4.74 Å². The third kappa shape index (κ3) is 4.40. The van der Waals surface area contributed by atoms with Gasteiger partial charge in [0.15, 0.2) is 0 Å². The molecule has 0 aromatic heterocycles. The molecule has 104 valence electrons. The number of likely N-dealkylation sites (tertiary alicyclic amines) is 1. The van der Waals surface area contributed by atoms with Crippen LogP contribution in [0.1, 0.15) is 40.5 Å². The van der Waals surface area contributed by atoms with Crippen molar-refractivity contribution in [1.29, 1.82) is 0 Å². The van der Waals surface area contributed by atoms with Crippen molar-refractivity contribution in [3.8, 4) is 11.8 Å². The van der Waals surface area contributed by atoms with Crippen LogP contribution in [0.3, 0.4) is 0 Å². The number of hydrogen-bond donors (Lipinski definition) is 0. The summed E-state index contributed by atoms with van der Waals surface area (Å²) in [4.78, 5) is 36.3. The molecule has 0 saturated carbocycles. The Labute approximate surface area is 113 Å². The molecule has 1 atom stereocenters. The van der Waals surface area contributed by atoms with Crippen molar-refractivity contribution in [1.82, 2.24) is 4.90 Å². The lowest BCUT2D eigenvalue weighted by atomic mass is 9.93. The Hall–Kier alpha value is -1.83. The summed E-state index contributed by atoms with van der Waals surface area (Å²) in [5.41, 5.74) is -0.669. The monoisotopic (exact) mass is 265 g/mol. The molecule has 1 saturated heterocycles. The van der Waals surface area contributed by atoms with Crippen LogP contribution in [0.15, 0.2) is 0 Å². The molecule has 5 heteroatoms. The quantitative estimate of drug-likeness (QED) is 0.535. The smallest absolute Gasteiger partial charge is 0.417 e. The van der Waals surface area contributed by atoms with Crippen molar-refractivity contribution in [2.45, 2.75) is 46.1 Å². The topological polar surface area (TPSA) is 63.7 Å². The van der Waals surface area contributed by atoms with E-state index in [1.807, 2.05) is 0 Å². The minimum absolute atomic E-state index is 0.0568. The van der Waals surface area contributed by atoms with Gasteiger partial charge in [-0.25, -0.2) is 9.69 Å². The summed E-state index contributed by atoms with van der Waals surface area (Å²) in [6.45, 7) is 6.92. The van der Waals surface area contributed by atoms with Gasteiger partial charge in [0.05, 0.1) is 6.42 Å². The number of carbonyl (C=O) groups excluding carboxylic acids is 3. The van der Waals surface area contributed by atoms with Crippen LogP contribution in [-0.4, -0.2) is 34.8 Å². The van der Waals surface area contributed by atoms with Crippen LogP contribution in [0.2, 0.25) is 0 Å². The zero-order valence-corrected chi connectivity index (χ0v) is 11.8. The number of ketones is 1. The molecule has 19 heavy (non-hydrogen) atoms. The second-order valence-corrected chi connectivity index (χ2v) is 5.46. The maximum Gasteiger partial charge on any atom is 0.417 e. The van der Waals surface area contributed by atoms with E-state index in [-0.39, 0.29) is 18.7 Å². The highest BCUT2D eigenvalue weighted by molar-refractivity contribution is 6.06. The van der Waals surface area contributed by atoms with Crippen LogP contribution >= 0.6 is 0 Å². The number of Topliss-reactive ketones (excluding diaryl/α,β-unsaturated/α-hetero) is 1. The van der Waals surface area contributed by atoms with E-state index >= 15 is 0 Å². The summed E-state index contributed by atoms with van der Waals surface area (Å²) in [5.74, 6) is 4.45. The van der Waals surface area contributed by atoms with Crippen LogP contribution in [0.5, 0.6) is 0 Å². The average Bonchev–Trinajstić information content (AvgIpc) is 2.25. The second kappa shape index (κ2) is 5.87. The molecule has 1 aliphatic heterocycles. The van der Waals surface area contributed by atoms with Crippen molar-refractivity contribution in [2.24, 2.45) is 5.92 Å². The molecular formula is C14H19NO4. The van der Waals surface area contributed by atoms with Gasteiger partial charge in [-0.15, -0.1) is 11.8 Å². The Bertz CT molecular complexity index is 450. The molecule has 1 rings (SSSR count). The fraction of sp³-hybridized carbons (Fsp3) is 0.643. The molecule has 5 nitrogen and oxygen atoms in total. The van der Waals surface area contributed by atoms with E-state index in [0.717, 1.165) is 4.90 Å². The normalized spacial score (nSPS) is 19.8. The van der Waals surface area contributed by atoms with E-state index in [0.29, 0.717) is 6.42 Å². The molecule has 0 bridgehead atoms. The van der Waals surface area contributed by atoms with Crippen LogP contribution in [0.4, 0.5) is 4.79 Å². The van der Waals surface area contributed by atoms with E-state index in [1.165, 1.54) is 0 Å². The number of hydrogen-bond acceptors (Lipinski definition) is 4. The fourth-order valence-corrected chi connectivity index (χ4v) is 1.71. The average molecular weight is 265 g/mol. The largest absolute Gasteiger partial charge is 0.443 e. The maximum atomic E-state index is 11.9. The Morgan fingerprint density at radius 3 is 2.58 bits per heavy atom. The number of carbonyl (C=O) groups is 3. The standard InChI is InChI=1S/C14H19NO4/c1-5-6-7-10-9-15(12(17)8-11(10)16)13(18)19-14(2,3)4/h10H,7-9H2,1-4H3. The number of amides is 2. The Kier molecular flexibility index (Phi) is 4.71. The summed E-state index contributed by atoms with van der Waals surface area (Å²) in [6.07, 6.45) is -0.587. The highest BCUT2D eigenvalue weighted by atomic mass is 16.6. The van der Waals surface area contributed by atoms with Gasteiger partial charge in [0, 0.05) is 18.9 Å². The number of rotatable bonds is 1. The van der Waals surface area contributed by atoms with Crippen LogP contribution in [0, 0.1) is 17.8 Å². The van der Waals surface area contributed by atoms with Crippen molar-refractivity contribution < 1.29 is 19.1 Å². The second-order valence-electron chi connectivity index (χ2n) is 5.46. The zero-order chi connectivity index (χ0) is 14.6. The predicted molar refractivity (Wildman–Crippen MR) is 69.1 cm³/mol. The predicted octanol–water partition coefficient (Wildman–Crippen LogP) is 1.75. The van der Waals surface area contributed by atoms with Gasteiger partial charge in [-0.3, -0.25) is 9.59 Å². The molecule has 0 aromatic carbocycles. The first-order valence-electron chi connectivity index (χ1n) is 6.20. The summed E-state index contributed by atoms with van der Waals surface area (Å²) < 4.78 is 5.15. The maximum absolute atomic E-state index is 11.9. The summed E-state index contributed by atoms with van der Waals surface area (Å²) >= 11 is 0. The lowest BCUT2D eigenvalue weighted by Crippen LogP contribution is -2.49. The van der Waals surface area contributed by atoms with Gasteiger partial charge in [-0.05, 0) is 27.7 Å². The number of nitrogens with zero attached hydrogens (tertiary/aromatic N) is 1. The Morgan fingerprint density at radius 2 is 2.05 bits per heavy atom. The van der Waals surface area contributed by atoms with Crippen molar-refractivity contribution in [3.63, 3.8) is 0 Å². The van der Waals surface area contributed by atoms with Crippen LogP contribution < -0.4 is 0 Å². The van der Waals surface area contributed by atoms with Gasteiger partial charge in [0.2, 0.25) is 5.91 Å². The van der Waals surface area contributed by atoms with Crippen LogP contribution in [0.25, 0.3) is 0 Å². The summed E-state index contributed by atoms with van der Waals surface area (Å²) in [5, 5.41) is 0. The third-order valence-electron chi connectivity index (χ3n) is 2.62. The fourth-order valence-electron chi connectivity index (χ4n) is 1.71. The molecule has 1 fully saturated rings. The molecule has 0 spiro atoms. The van der Waals surface area contributed by atoms with Gasteiger partial charge in [0.25, 0.3) is 0 Å². The lowest BCUT2D eigenvalue weighted by Gasteiger charge is -2.31. The summed E-state index contributed by atoms with van der Waals surface area (Å²) in [6, 6.07) is 0. The lowest BCUT2D eigenvalue weighted by molar-refractivity contribution is -0.141. The highest BCUT2D eigenvalue weighted by Gasteiger charge is 2.37. The van der Waals surface area contributed by atoms with Gasteiger partial charge in [0.1, 0.15) is 11.4 Å². The van der Waals surface area contributed by atoms with E-state index in [2.05, 4.69) is 11.8 Å². The Balaban J connectivity index is 2.76. The van der Waals surface area contributed by atoms with Crippen LogP contribution in [-0.2, 0) is 14.3 Å². The SMILES string of the molecule is CC#CCC1CN(C(=O)OC(C)(C)C)C(=O)CC1=O. The number of imide groups is 1. The third-order valence-corrected chi connectivity index (χ3v) is 2.62. The van der Waals surface area contributed by atoms with Gasteiger partial charge in [-0.1, -0.05) is 0 Å². The molecule has 1 unspecified atom stereocenters. The van der Waals surface area contributed by atoms with E-state index in [9.17, 15) is 14.4 Å². The van der Waals surface area contributed by atoms with Crippen molar-refractivity contribution in [2.75, 3.05) is 6.54 Å². The molecular weight excluding hydrogens is 246 g/mol. The minimum atomic E-state index is -0.695. The van der Waals surface area contributed by atoms with Gasteiger partial charge in [-0.2, -0.15) is 0 Å². The first kappa shape index (κ1) is 15.2. The molecule has 1 heterocycles. The van der Waals surface area contributed by atoms with Crippen molar-refractivity contribution >= 4 is 17.8 Å². The molecule has 0 radical (unpaired) electrons. The molecule has 0 aliphatic carbocycles. The van der Waals surface area contributed by atoms with E-state index < -0.39 is 23.5 Å². The minimum Gasteiger partial charge on any atom is -0.443 e. The highest BCUT2D eigenvalue weighted by Crippen LogP contribution is 2.20. The molecule has 1 aliphatic rings. The number of piperidine rings is 1. The van der Waals surface area contributed by atoms with E-state index in [4.69, 9.17) is 4.74 Å². The van der Waals surface area contributed by atoms with E-state index in [1.54, 1.807) is 27.7 Å². The Morgan fingerprint density at radius 1 is 1.42 bits per heavy atom. The molecule has 0 aromatic rings. The number of ether oxygens (including phenoxy) is 1. The first-order chi connectivity index (χ1) is 8.74. The first-order valence-corrected chi connectivity index (χ1v) is 6.20. The van der Waals surface area contributed by atoms with Crippen molar-refractivity contribution in [3.05, 3.63) is 0 Å². The molecule has 0 N–H and O–H groups in total. The molecule has 2 amide bonds. The zero-order valence-electron chi connectivity index (χ0n) is 11.8. The van der Waals surface area contributed by atoms with Gasteiger partial charge >= 0.3 is 6.09 Å².